The first-order valence-electron chi connectivity index (χ1n) is 4.57. The van der Waals surface area contributed by atoms with Crippen LogP contribution in [-0.2, 0) is 10.0 Å². The molecule has 7 heteroatoms. The molecule has 1 aromatic rings. The lowest BCUT2D eigenvalue weighted by molar-refractivity contribution is 0.0690. The van der Waals surface area contributed by atoms with E-state index >= 15 is 0 Å². The predicted octanol–water partition coefficient (Wildman–Crippen LogP) is 0.217. The lowest BCUT2D eigenvalue weighted by atomic mass is 10.4. The zero-order valence-corrected chi connectivity index (χ0v) is 9.22. The van der Waals surface area contributed by atoms with Gasteiger partial charge in [0.25, 0.3) is 0 Å². The summed E-state index contributed by atoms with van der Waals surface area (Å²) in [7, 11) is -3.13. The summed E-state index contributed by atoms with van der Waals surface area (Å²) in [6.45, 7) is 0. The van der Waals surface area contributed by atoms with Crippen LogP contribution in [0, 0.1) is 0 Å². The van der Waals surface area contributed by atoms with E-state index in [1.165, 1.54) is 12.3 Å². The van der Waals surface area contributed by atoms with Crippen LogP contribution in [0.3, 0.4) is 0 Å². The maximum atomic E-state index is 10.2. The van der Waals surface area contributed by atoms with Gasteiger partial charge in [-0.05, 0) is 25.0 Å². The van der Waals surface area contributed by atoms with Gasteiger partial charge >= 0.3 is 5.97 Å². The van der Waals surface area contributed by atoms with Crippen LogP contribution in [0.4, 0.5) is 0 Å². The second-order valence-corrected chi connectivity index (χ2v) is 5.15. The average Bonchev–Trinajstić information content (AvgIpc) is 3.02. The summed E-state index contributed by atoms with van der Waals surface area (Å²) in [4.78, 5) is 13.7. The Bertz CT molecular complexity index is 454. The number of pyridine rings is 1. The Balaban J connectivity index is 0.000000165. The number of sulfonamides is 1. The fourth-order valence-electron chi connectivity index (χ4n) is 0.886. The molecule has 1 saturated carbocycles. The number of primary sulfonamides is 1. The molecule has 1 aliphatic rings. The molecule has 1 heterocycles. The topological polar surface area (TPSA) is 110 Å². The van der Waals surface area contributed by atoms with Gasteiger partial charge in [-0.3, -0.25) is 0 Å². The second-order valence-electron chi connectivity index (χ2n) is 3.31. The Morgan fingerprint density at radius 2 is 2.06 bits per heavy atom. The first kappa shape index (κ1) is 12.6. The lowest BCUT2D eigenvalue weighted by Crippen LogP contribution is -2.16. The van der Waals surface area contributed by atoms with Gasteiger partial charge in [0, 0.05) is 6.20 Å². The van der Waals surface area contributed by atoms with E-state index in [4.69, 9.17) is 10.2 Å². The average molecular weight is 244 g/mol. The lowest BCUT2D eigenvalue weighted by Gasteiger charge is -1.87. The largest absolute Gasteiger partial charge is 0.477 e. The van der Waals surface area contributed by atoms with Crippen LogP contribution >= 0.6 is 0 Å². The summed E-state index contributed by atoms with van der Waals surface area (Å²) >= 11 is 0. The molecule has 0 unspecified atom stereocenters. The number of carboxylic acids is 1. The number of carboxylic acid groups (broad SMARTS) is 1. The van der Waals surface area contributed by atoms with E-state index in [0.717, 1.165) is 12.8 Å². The molecule has 0 atom stereocenters. The van der Waals surface area contributed by atoms with Gasteiger partial charge in [-0.25, -0.2) is 23.3 Å². The number of nitrogens with two attached hydrogens (primary N) is 1. The Hall–Kier alpha value is -1.47. The zero-order chi connectivity index (χ0) is 12.2. The van der Waals surface area contributed by atoms with Gasteiger partial charge in [0.05, 0.1) is 5.25 Å². The molecule has 16 heavy (non-hydrogen) atoms. The number of hydrogen-bond donors (Lipinski definition) is 2. The molecule has 1 aliphatic carbocycles. The first-order chi connectivity index (χ1) is 7.41. The van der Waals surface area contributed by atoms with Crippen LogP contribution in [-0.4, -0.2) is 29.7 Å². The predicted molar refractivity (Wildman–Crippen MR) is 57.3 cm³/mol. The van der Waals surface area contributed by atoms with E-state index in [1.807, 2.05) is 0 Å². The van der Waals surface area contributed by atoms with Crippen LogP contribution < -0.4 is 5.14 Å². The minimum atomic E-state index is -3.13. The van der Waals surface area contributed by atoms with Crippen LogP contribution in [0.25, 0.3) is 0 Å². The smallest absolute Gasteiger partial charge is 0.354 e. The summed E-state index contributed by atoms with van der Waals surface area (Å²) < 4.78 is 20.3. The van der Waals surface area contributed by atoms with Crippen molar-refractivity contribution >= 4 is 16.0 Å². The van der Waals surface area contributed by atoms with Crippen molar-refractivity contribution in [1.82, 2.24) is 4.98 Å². The van der Waals surface area contributed by atoms with Crippen molar-refractivity contribution < 1.29 is 18.3 Å². The minimum absolute atomic E-state index is 0.0810. The summed E-state index contributed by atoms with van der Waals surface area (Å²) in [5, 5.41) is 12.8. The minimum Gasteiger partial charge on any atom is -0.477 e. The molecule has 6 nitrogen and oxygen atoms in total. The van der Waals surface area contributed by atoms with Crippen molar-refractivity contribution in [2.75, 3.05) is 0 Å². The monoisotopic (exact) mass is 244 g/mol. The van der Waals surface area contributed by atoms with E-state index in [0.29, 0.717) is 0 Å². The van der Waals surface area contributed by atoms with Gasteiger partial charge in [-0.1, -0.05) is 6.07 Å². The van der Waals surface area contributed by atoms with Crippen molar-refractivity contribution in [3.05, 3.63) is 30.1 Å². The molecule has 0 amide bonds. The molecule has 0 aromatic carbocycles. The molecule has 2 rings (SSSR count). The summed E-state index contributed by atoms with van der Waals surface area (Å²) in [6.07, 6.45) is 2.97. The summed E-state index contributed by atoms with van der Waals surface area (Å²) in [5.41, 5.74) is 0.0810. The number of hydrogen-bond acceptors (Lipinski definition) is 4. The quantitative estimate of drug-likeness (QED) is 0.773. The Kier molecular flexibility index (Phi) is 3.97. The number of nitrogens with zero attached hydrogens (tertiary/aromatic N) is 1. The molecular weight excluding hydrogens is 232 g/mol. The Morgan fingerprint density at radius 3 is 2.25 bits per heavy atom. The summed E-state index contributed by atoms with van der Waals surface area (Å²) in [5.74, 6) is -0.990. The van der Waals surface area contributed by atoms with E-state index in [2.05, 4.69) is 4.98 Å². The summed E-state index contributed by atoms with van der Waals surface area (Å²) in [6, 6.07) is 4.76. The highest BCUT2D eigenvalue weighted by atomic mass is 32.2. The molecular formula is C9H12N2O4S. The van der Waals surface area contributed by atoms with Gasteiger partial charge in [0.2, 0.25) is 10.0 Å². The highest BCUT2D eigenvalue weighted by molar-refractivity contribution is 7.90. The molecule has 0 saturated heterocycles. The van der Waals surface area contributed by atoms with Crippen molar-refractivity contribution in [3.63, 3.8) is 0 Å². The fourth-order valence-corrected chi connectivity index (χ4v) is 1.68. The second kappa shape index (κ2) is 5.04. The molecule has 3 N–H and O–H groups in total. The van der Waals surface area contributed by atoms with Crippen LogP contribution in [0.5, 0.6) is 0 Å². The van der Waals surface area contributed by atoms with Gasteiger partial charge in [0.1, 0.15) is 5.69 Å². The van der Waals surface area contributed by atoms with Gasteiger partial charge < -0.3 is 5.11 Å². The standard InChI is InChI=1S/C6H5NO2.C3H7NO2S/c8-6(9)5-3-1-2-4-7-5;4-7(5,6)3-1-2-3/h1-4H,(H,8,9);3H,1-2H2,(H2,4,5,6). The SMILES string of the molecule is NS(=O)(=O)C1CC1.O=C(O)c1ccccn1. The molecule has 0 spiro atoms. The van der Waals surface area contributed by atoms with Crippen LogP contribution in [0.15, 0.2) is 24.4 Å². The van der Waals surface area contributed by atoms with Crippen molar-refractivity contribution in [3.8, 4) is 0 Å². The number of aromatic carboxylic acids is 1. The van der Waals surface area contributed by atoms with Gasteiger partial charge in [0.15, 0.2) is 0 Å². The molecule has 0 radical (unpaired) electrons. The van der Waals surface area contributed by atoms with Crippen LogP contribution in [0.1, 0.15) is 23.3 Å². The van der Waals surface area contributed by atoms with Crippen molar-refractivity contribution in [2.45, 2.75) is 18.1 Å². The molecule has 0 bridgehead atoms. The maximum Gasteiger partial charge on any atom is 0.354 e. The molecule has 88 valence electrons. The Labute approximate surface area is 93.2 Å². The van der Waals surface area contributed by atoms with Gasteiger partial charge in [-0.15, -0.1) is 0 Å². The van der Waals surface area contributed by atoms with E-state index < -0.39 is 16.0 Å². The third-order valence-corrected chi connectivity index (χ3v) is 3.27. The normalized spacial score (nSPS) is 14.8. The zero-order valence-electron chi connectivity index (χ0n) is 8.41. The van der Waals surface area contributed by atoms with Gasteiger partial charge in [-0.2, -0.15) is 0 Å². The number of carbonyl (C=O) groups is 1. The highest BCUT2D eigenvalue weighted by Gasteiger charge is 2.32. The van der Waals surface area contributed by atoms with E-state index in [1.54, 1.807) is 12.1 Å². The fraction of sp³-hybridized carbons (Fsp3) is 0.333. The van der Waals surface area contributed by atoms with Crippen molar-refractivity contribution in [1.29, 1.82) is 0 Å². The molecule has 0 aliphatic heterocycles. The molecule has 1 fully saturated rings. The Morgan fingerprint density at radius 1 is 1.44 bits per heavy atom. The number of aromatic nitrogens is 1. The first-order valence-corrected chi connectivity index (χ1v) is 6.18. The number of rotatable bonds is 2. The van der Waals surface area contributed by atoms with Crippen LogP contribution in [0.2, 0.25) is 0 Å². The maximum absolute atomic E-state index is 10.2. The highest BCUT2D eigenvalue weighted by Crippen LogP contribution is 2.25. The van der Waals surface area contributed by atoms with Crippen molar-refractivity contribution in [2.24, 2.45) is 5.14 Å². The van der Waals surface area contributed by atoms with E-state index in [-0.39, 0.29) is 10.9 Å². The third-order valence-electron chi connectivity index (χ3n) is 1.87. The van der Waals surface area contributed by atoms with E-state index in [9.17, 15) is 13.2 Å². The molecule has 1 aromatic heterocycles. The third kappa shape index (κ3) is 4.37.